The zero-order valence-corrected chi connectivity index (χ0v) is 18.4. The Morgan fingerprint density at radius 3 is 2.23 bits per heavy atom. The van der Waals surface area contributed by atoms with Crippen molar-refractivity contribution in [1.29, 1.82) is 0 Å². The molecule has 31 heavy (non-hydrogen) atoms. The number of rotatable bonds is 6. The number of aliphatic carboxylic acids is 1. The van der Waals surface area contributed by atoms with Gasteiger partial charge in [0.15, 0.2) is 6.61 Å². The second kappa shape index (κ2) is 10.4. The van der Waals surface area contributed by atoms with Gasteiger partial charge in [-0.25, -0.2) is 4.79 Å². The van der Waals surface area contributed by atoms with Crippen molar-refractivity contribution < 1.29 is 29.0 Å². The Labute approximate surface area is 181 Å². The molecule has 0 aliphatic rings. The molecule has 3 rings (SSSR count). The highest BCUT2D eigenvalue weighted by atomic mass is 16.5. The third kappa shape index (κ3) is 5.31. The number of aryl methyl sites for hydroxylation is 1. The number of hydrogen-bond acceptors (Lipinski definition) is 5. The van der Waals surface area contributed by atoms with E-state index >= 15 is 0 Å². The van der Waals surface area contributed by atoms with Gasteiger partial charge in [-0.3, -0.25) is 14.2 Å². The van der Waals surface area contributed by atoms with Crippen LogP contribution < -0.4 is 4.74 Å². The molecule has 0 atom stereocenters. The molecule has 7 nitrogen and oxygen atoms in total. The van der Waals surface area contributed by atoms with Crippen LogP contribution in [0.3, 0.4) is 0 Å². The van der Waals surface area contributed by atoms with E-state index in [0.717, 1.165) is 5.56 Å². The standard InChI is InChI=1S/C22H21NO6.C2H6/c1-13-4-6-15(7-5-13)22(27)23-14(2)17(11-21(26)29-12-20(24)25)18-10-16(28-3)8-9-19(18)23;1-2/h4-10H,11-12H2,1-3H3,(H,24,25);1-2H3. The lowest BCUT2D eigenvalue weighted by atomic mass is 10.1. The molecule has 1 heterocycles. The van der Waals surface area contributed by atoms with E-state index in [9.17, 15) is 14.4 Å². The molecular weight excluding hydrogens is 398 g/mol. The van der Waals surface area contributed by atoms with Gasteiger partial charge >= 0.3 is 11.9 Å². The number of hydrogen-bond donors (Lipinski definition) is 1. The number of benzene rings is 2. The maximum absolute atomic E-state index is 13.2. The molecule has 1 N–H and O–H groups in total. The SMILES string of the molecule is CC.COc1ccc2c(c1)c(CC(=O)OCC(=O)O)c(C)n2C(=O)c1ccc(C)cc1. The third-order valence-electron chi connectivity index (χ3n) is 4.72. The van der Waals surface area contributed by atoms with Gasteiger partial charge < -0.3 is 14.6 Å². The van der Waals surface area contributed by atoms with Gasteiger partial charge in [-0.15, -0.1) is 0 Å². The lowest BCUT2D eigenvalue weighted by Crippen LogP contribution is -2.16. The Morgan fingerprint density at radius 2 is 1.65 bits per heavy atom. The van der Waals surface area contributed by atoms with E-state index in [1.165, 1.54) is 7.11 Å². The molecule has 0 saturated carbocycles. The minimum Gasteiger partial charge on any atom is -0.497 e. The van der Waals surface area contributed by atoms with Gasteiger partial charge in [0.05, 0.1) is 19.0 Å². The van der Waals surface area contributed by atoms with Crippen LogP contribution in [0.5, 0.6) is 5.75 Å². The van der Waals surface area contributed by atoms with Crippen molar-refractivity contribution in [3.05, 3.63) is 64.8 Å². The van der Waals surface area contributed by atoms with Gasteiger partial charge in [0.25, 0.3) is 5.91 Å². The molecule has 0 amide bonds. The maximum atomic E-state index is 13.2. The Kier molecular flexibility index (Phi) is 7.96. The second-order valence-corrected chi connectivity index (χ2v) is 6.68. The van der Waals surface area contributed by atoms with E-state index in [-0.39, 0.29) is 12.3 Å². The van der Waals surface area contributed by atoms with Crippen LogP contribution >= 0.6 is 0 Å². The number of methoxy groups -OCH3 is 1. The zero-order valence-electron chi connectivity index (χ0n) is 18.4. The summed E-state index contributed by atoms with van der Waals surface area (Å²) in [6.45, 7) is 6.98. The van der Waals surface area contributed by atoms with Crippen LogP contribution in [0, 0.1) is 13.8 Å². The van der Waals surface area contributed by atoms with Crippen molar-refractivity contribution in [2.75, 3.05) is 13.7 Å². The fourth-order valence-electron chi connectivity index (χ4n) is 3.24. The van der Waals surface area contributed by atoms with Gasteiger partial charge in [0, 0.05) is 16.6 Å². The molecule has 0 fully saturated rings. The van der Waals surface area contributed by atoms with Crippen LogP contribution in [-0.2, 0) is 20.7 Å². The fourth-order valence-corrected chi connectivity index (χ4v) is 3.24. The predicted octanol–water partition coefficient (Wildman–Crippen LogP) is 4.15. The summed E-state index contributed by atoms with van der Waals surface area (Å²) in [5, 5.41) is 9.38. The normalized spacial score (nSPS) is 10.2. The number of esters is 1. The minimum atomic E-state index is -1.23. The molecule has 3 aromatic rings. The third-order valence-corrected chi connectivity index (χ3v) is 4.72. The molecule has 0 aliphatic carbocycles. The van der Waals surface area contributed by atoms with E-state index in [0.29, 0.717) is 33.5 Å². The van der Waals surface area contributed by atoms with Crippen LogP contribution in [-0.4, -0.2) is 41.2 Å². The number of fused-ring (bicyclic) bond motifs is 1. The van der Waals surface area contributed by atoms with Crippen molar-refractivity contribution >= 4 is 28.7 Å². The summed E-state index contributed by atoms with van der Waals surface area (Å²) in [5.41, 5.74) is 3.38. The summed E-state index contributed by atoms with van der Waals surface area (Å²) in [7, 11) is 1.53. The quantitative estimate of drug-likeness (QED) is 0.596. The average molecular weight is 425 g/mol. The molecule has 0 unspecified atom stereocenters. The lowest BCUT2D eigenvalue weighted by Gasteiger charge is -2.08. The molecule has 0 aliphatic heterocycles. The van der Waals surface area contributed by atoms with Crippen molar-refractivity contribution in [2.45, 2.75) is 34.1 Å². The van der Waals surface area contributed by atoms with Crippen LogP contribution in [0.1, 0.15) is 41.0 Å². The van der Waals surface area contributed by atoms with Crippen LogP contribution in [0.2, 0.25) is 0 Å². The Hall–Kier alpha value is -3.61. The molecule has 2 aromatic carbocycles. The molecule has 1 aromatic heterocycles. The van der Waals surface area contributed by atoms with Crippen LogP contribution in [0.15, 0.2) is 42.5 Å². The summed E-state index contributed by atoms with van der Waals surface area (Å²) in [6.07, 6.45) is -0.156. The minimum absolute atomic E-state index is 0.156. The van der Waals surface area contributed by atoms with E-state index < -0.39 is 18.5 Å². The molecule has 0 saturated heterocycles. The largest absolute Gasteiger partial charge is 0.497 e. The number of carboxylic acids is 1. The number of ether oxygens (including phenoxy) is 2. The molecule has 164 valence electrons. The molecule has 0 bridgehead atoms. The van der Waals surface area contributed by atoms with Crippen molar-refractivity contribution in [3.8, 4) is 5.75 Å². The summed E-state index contributed by atoms with van der Waals surface area (Å²) < 4.78 is 11.6. The topological polar surface area (TPSA) is 94.8 Å². The lowest BCUT2D eigenvalue weighted by molar-refractivity contribution is -0.154. The average Bonchev–Trinajstić information content (AvgIpc) is 3.04. The highest BCUT2D eigenvalue weighted by Gasteiger charge is 2.22. The van der Waals surface area contributed by atoms with Crippen molar-refractivity contribution in [1.82, 2.24) is 4.57 Å². The number of carboxylic acid groups (broad SMARTS) is 1. The van der Waals surface area contributed by atoms with E-state index in [1.54, 1.807) is 41.8 Å². The van der Waals surface area contributed by atoms with Gasteiger partial charge in [-0.05, 0) is 49.7 Å². The summed E-state index contributed by atoms with van der Waals surface area (Å²) in [4.78, 5) is 36.0. The first-order valence-electron chi connectivity index (χ1n) is 9.98. The van der Waals surface area contributed by atoms with Gasteiger partial charge in [-0.2, -0.15) is 0 Å². The van der Waals surface area contributed by atoms with Crippen LogP contribution in [0.4, 0.5) is 0 Å². The Morgan fingerprint density at radius 1 is 1.00 bits per heavy atom. The fraction of sp³-hybridized carbons (Fsp3) is 0.292. The van der Waals surface area contributed by atoms with Gasteiger partial charge in [0.2, 0.25) is 0 Å². The van der Waals surface area contributed by atoms with Crippen molar-refractivity contribution in [2.24, 2.45) is 0 Å². The van der Waals surface area contributed by atoms with E-state index in [4.69, 9.17) is 14.6 Å². The van der Waals surface area contributed by atoms with E-state index in [1.807, 2.05) is 32.9 Å². The maximum Gasteiger partial charge on any atom is 0.341 e. The second-order valence-electron chi connectivity index (χ2n) is 6.68. The molecule has 0 radical (unpaired) electrons. The first-order valence-corrected chi connectivity index (χ1v) is 9.98. The Balaban J connectivity index is 0.00000166. The summed E-state index contributed by atoms with van der Waals surface area (Å²) >= 11 is 0. The monoisotopic (exact) mass is 425 g/mol. The summed E-state index contributed by atoms with van der Waals surface area (Å²) in [6, 6.07) is 12.5. The summed E-state index contributed by atoms with van der Waals surface area (Å²) in [5.74, 6) is -1.55. The molecule has 7 heteroatoms. The number of aromatic nitrogens is 1. The number of carbonyl (C=O) groups is 3. The van der Waals surface area contributed by atoms with E-state index in [2.05, 4.69) is 0 Å². The van der Waals surface area contributed by atoms with Gasteiger partial charge in [-0.1, -0.05) is 31.5 Å². The first-order chi connectivity index (χ1) is 14.8. The zero-order chi connectivity index (χ0) is 23.1. The predicted molar refractivity (Wildman–Crippen MR) is 118 cm³/mol. The molecular formula is C24H27NO6. The molecule has 0 spiro atoms. The number of nitrogens with zero attached hydrogens (tertiary/aromatic N) is 1. The first kappa shape index (κ1) is 23.7. The smallest absolute Gasteiger partial charge is 0.341 e. The Bertz CT molecular complexity index is 1100. The number of carbonyl (C=O) groups excluding carboxylic acids is 2. The highest BCUT2D eigenvalue weighted by Crippen LogP contribution is 2.31. The van der Waals surface area contributed by atoms with Gasteiger partial charge in [0.1, 0.15) is 5.75 Å². The van der Waals surface area contributed by atoms with Crippen LogP contribution in [0.25, 0.3) is 10.9 Å². The van der Waals surface area contributed by atoms with Crippen molar-refractivity contribution in [3.63, 3.8) is 0 Å². The highest BCUT2D eigenvalue weighted by molar-refractivity contribution is 6.05.